The molecule has 2 amide bonds. The van der Waals surface area contributed by atoms with Crippen molar-refractivity contribution in [3.63, 3.8) is 0 Å². The lowest BCUT2D eigenvalue weighted by molar-refractivity contribution is -0.130. The zero-order valence-corrected chi connectivity index (χ0v) is 12.4. The Kier molecular flexibility index (Phi) is 3.73. The smallest absolute Gasteiger partial charge is 0.246 e. The third kappa shape index (κ3) is 2.15. The van der Waals surface area contributed by atoms with Crippen LogP contribution in [0.5, 0.6) is 0 Å². The molecule has 2 aliphatic heterocycles. The van der Waals surface area contributed by atoms with Gasteiger partial charge in [0.15, 0.2) is 0 Å². The maximum Gasteiger partial charge on any atom is 0.246 e. The maximum absolute atomic E-state index is 12.4. The summed E-state index contributed by atoms with van der Waals surface area (Å²) >= 11 is 0. The van der Waals surface area contributed by atoms with Gasteiger partial charge in [0.05, 0.1) is 23.9 Å². The van der Waals surface area contributed by atoms with Crippen LogP contribution >= 0.6 is 0 Å². The molecule has 0 aliphatic carbocycles. The van der Waals surface area contributed by atoms with Gasteiger partial charge in [0.1, 0.15) is 0 Å². The quantitative estimate of drug-likeness (QED) is 0.708. The summed E-state index contributed by atoms with van der Waals surface area (Å²) in [6.07, 6.45) is 5.13. The number of hydrogen-bond donors (Lipinski definition) is 0. The van der Waals surface area contributed by atoms with E-state index in [0.717, 1.165) is 17.0 Å². The molecule has 0 aromatic carbocycles. The molecule has 2 aliphatic rings. The minimum absolute atomic E-state index is 0.287. The van der Waals surface area contributed by atoms with E-state index in [0.29, 0.717) is 18.7 Å². The third-order valence-electron chi connectivity index (χ3n) is 3.66. The number of nitrogens with zero attached hydrogens (tertiary/aromatic N) is 2. The van der Waals surface area contributed by atoms with Crippen LogP contribution in [-0.2, 0) is 19.6 Å². The van der Waals surface area contributed by atoms with E-state index >= 15 is 0 Å². The first kappa shape index (κ1) is 14.8. The summed E-state index contributed by atoms with van der Waals surface area (Å²) in [5.74, 6) is -1.22. The number of amides is 2. The summed E-state index contributed by atoms with van der Waals surface area (Å²) < 4.78 is 24.5. The van der Waals surface area contributed by atoms with Gasteiger partial charge in [-0.2, -0.15) is 0 Å². The monoisotopic (exact) mass is 298 g/mol. The second-order valence-electron chi connectivity index (χ2n) is 5.03. The molecule has 2 rings (SSSR count). The predicted molar refractivity (Wildman–Crippen MR) is 73.9 cm³/mol. The largest absolute Gasteiger partial charge is 0.326 e. The van der Waals surface area contributed by atoms with Gasteiger partial charge in [-0.05, 0) is 18.6 Å². The molecular formula is C13H18N2O4S. The van der Waals surface area contributed by atoms with Crippen LogP contribution in [0.4, 0.5) is 0 Å². The van der Waals surface area contributed by atoms with E-state index in [1.54, 1.807) is 6.08 Å². The second kappa shape index (κ2) is 5.05. The Balaban J connectivity index is 2.45. The first-order valence-electron chi connectivity index (χ1n) is 6.50. The van der Waals surface area contributed by atoms with Crippen LogP contribution in [0.15, 0.2) is 24.4 Å². The fraction of sp³-hybridized carbons (Fsp3) is 0.538. The molecule has 7 heteroatoms. The summed E-state index contributed by atoms with van der Waals surface area (Å²) in [5, 5.41) is 0. The summed E-state index contributed by atoms with van der Waals surface area (Å²) in [6, 6.07) is -0.484. The van der Waals surface area contributed by atoms with E-state index < -0.39 is 27.9 Å². The van der Waals surface area contributed by atoms with Crippen LogP contribution in [0.3, 0.4) is 0 Å². The van der Waals surface area contributed by atoms with Crippen LogP contribution in [0.2, 0.25) is 0 Å². The van der Waals surface area contributed by atoms with Gasteiger partial charge in [-0.25, -0.2) is 12.7 Å². The molecular weight excluding hydrogens is 280 g/mol. The van der Waals surface area contributed by atoms with Crippen molar-refractivity contribution in [3.8, 4) is 0 Å². The van der Waals surface area contributed by atoms with Crippen molar-refractivity contribution in [2.45, 2.75) is 25.8 Å². The second-order valence-corrected chi connectivity index (χ2v) is 6.86. The van der Waals surface area contributed by atoms with E-state index in [2.05, 4.69) is 6.58 Å². The Hall–Kier alpha value is -1.63. The van der Waals surface area contributed by atoms with Gasteiger partial charge in [0, 0.05) is 6.54 Å². The molecule has 6 nitrogen and oxygen atoms in total. The maximum atomic E-state index is 12.4. The molecule has 0 saturated carbocycles. The number of fused-ring (bicyclic) bond motifs is 1. The number of sulfonamides is 1. The van der Waals surface area contributed by atoms with Crippen LogP contribution < -0.4 is 0 Å². The highest BCUT2D eigenvalue weighted by Gasteiger charge is 2.52. The summed E-state index contributed by atoms with van der Waals surface area (Å²) in [7, 11) is -3.66. The van der Waals surface area contributed by atoms with Gasteiger partial charge < -0.3 is 4.90 Å². The molecule has 0 unspecified atom stereocenters. The molecule has 0 aromatic heterocycles. The van der Waals surface area contributed by atoms with Gasteiger partial charge >= 0.3 is 0 Å². The van der Waals surface area contributed by atoms with E-state index in [4.69, 9.17) is 0 Å². The van der Waals surface area contributed by atoms with Crippen molar-refractivity contribution < 1.29 is 18.0 Å². The molecule has 0 aromatic rings. The fourth-order valence-electron chi connectivity index (χ4n) is 2.92. The van der Waals surface area contributed by atoms with Crippen molar-refractivity contribution in [3.05, 3.63) is 24.4 Å². The molecule has 110 valence electrons. The highest BCUT2D eigenvalue weighted by Crippen LogP contribution is 2.40. The van der Waals surface area contributed by atoms with Crippen molar-refractivity contribution in [2.75, 3.05) is 12.8 Å². The summed E-state index contributed by atoms with van der Waals surface area (Å²) in [5.41, 5.74) is 0.408. The highest BCUT2D eigenvalue weighted by atomic mass is 32.2. The number of carbonyl (C=O) groups excluding carboxylic acids is 2. The first-order chi connectivity index (χ1) is 9.32. The lowest BCUT2D eigenvalue weighted by atomic mass is 9.96. The Morgan fingerprint density at radius 2 is 2.20 bits per heavy atom. The Labute approximate surface area is 118 Å². The van der Waals surface area contributed by atoms with E-state index in [1.807, 2.05) is 6.92 Å². The number of carbonyl (C=O) groups is 2. The molecule has 2 atom stereocenters. The highest BCUT2D eigenvalue weighted by molar-refractivity contribution is 7.89. The van der Waals surface area contributed by atoms with Gasteiger partial charge in [-0.3, -0.25) is 9.59 Å². The molecule has 0 N–H and O–H groups in total. The lowest BCUT2D eigenvalue weighted by Crippen LogP contribution is -2.40. The molecule has 0 spiro atoms. The Morgan fingerprint density at radius 3 is 2.70 bits per heavy atom. The number of hydrogen-bond acceptors (Lipinski definition) is 4. The minimum Gasteiger partial charge on any atom is -0.326 e. The average molecular weight is 298 g/mol. The van der Waals surface area contributed by atoms with Crippen LogP contribution in [-0.4, -0.2) is 48.3 Å². The summed E-state index contributed by atoms with van der Waals surface area (Å²) in [6.45, 7) is 5.68. The number of rotatable bonds is 4. The normalized spacial score (nSPS) is 25.7. The molecule has 20 heavy (non-hydrogen) atoms. The molecule has 2 heterocycles. The van der Waals surface area contributed by atoms with Crippen LogP contribution in [0, 0.1) is 5.92 Å². The Bertz CT molecular complexity index is 593. The van der Waals surface area contributed by atoms with Crippen molar-refractivity contribution in [2.24, 2.45) is 5.92 Å². The van der Waals surface area contributed by atoms with E-state index in [-0.39, 0.29) is 5.91 Å². The molecule has 0 radical (unpaired) electrons. The van der Waals surface area contributed by atoms with E-state index in [1.165, 1.54) is 11.0 Å². The van der Waals surface area contributed by atoms with Gasteiger partial charge in [-0.1, -0.05) is 19.9 Å². The van der Waals surface area contributed by atoms with Gasteiger partial charge in [0.25, 0.3) is 0 Å². The van der Waals surface area contributed by atoms with Crippen LogP contribution in [0.25, 0.3) is 0 Å². The topological polar surface area (TPSA) is 74.8 Å². The zero-order valence-electron chi connectivity index (χ0n) is 11.6. The third-order valence-corrected chi connectivity index (χ3v) is 4.71. The molecule has 0 bridgehead atoms. The summed E-state index contributed by atoms with van der Waals surface area (Å²) in [4.78, 5) is 25.7. The predicted octanol–water partition coefficient (Wildman–Crippen LogP) is 0.485. The SMILES string of the molecule is C=CC(=O)N1CC=C2[C@H]1[C@@H](CCC)C(=O)N2S(C)(=O)=O. The zero-order chi connectivity index (χ0) is 15.1. The average Bonchev–Trinajstić information content (AvgIpc) is 2.87. The fourth-order valence-corrected chi connectivity index (χ4v) is 3.94. The van der Waals surface area contributed by atoms with Crippen molar-refractivity contribution in [1.29, 1.82) is 0 Å². The minimum atomic E-state index is -3.66. The first-order valence-corrected chi connectivity index (χ1v) is 8.35. The standard InChI is InChI=1S/C13H18N2O4S/c1-4-6-9-12-10(7-8-14(12)11(16)5-2)15(13(9)17)20(3,18)19/h5,7,9,12H,2,4,6,8H2,1,3H3/t9-,12-/m1/s1. The lowest BCUT2D eigenvalue weighted by Gasteiger charge is -2.25. The van der Waals surface area contributed by atoms with Gasteiger partial charge in [0.2, 0.25) is 21.8 Å². The van der Waals surface area contributed by atoms with Crippen molar-refractivity contribution in [1.82, 2.24) is 9.21 Å². The molecule has 1 saturated heterocycles. The van der Waals surface area contributed by atoms with Crippen molar-refractivity contribution >= 4 is 21.8 Å². The van der Waals surface area contributed by atoms with Gasteiger partial charge in [-0.15, -0.1) is 0 Å². The van der Waals surface area contributed by atoms with Crippen LogP contribution in [0.1, 0.15) is 19.8 Å². The Morgan fingerprint density at radius 1 is 1.55 bits per heavy atom. The molecule has 1 fully saturated rings. The van der Waals surface area contributed by atoms with E-state index in [9.17, 15) is 18.0 Å².